The van der Waals surface area contributed by atoms with E-state index in [0.29, 0.717) is 0 Å². The number of hydrogen-bond donors (Lipinski definition) is 2. The van der Waals surface area contributed by atoms with E-state index in [0.717, 1.165) is 18.8 Å². The molecule has 1 aromatic rings. The zero-order chi connectivity index (χ0) is 10.6. The van der Waals surface area contributed by atoms with Gasteiger partial charge in [0.1, 0.15) is 0 Å². The van der Waals surface area contributed by atoms with Crippen molar-refractivity contribution in [1.29, 1.82) is 0 Å². The monoisotopic (exact) mass is 242 g/mol. The second kappa shape index (κ2) is 5.34. The fourth-order valence-electron chi connectivity index (χ4n) is 1.91. The van der Waals surface area contributed by atoms with E-state index in [2.05, 4.69) is 22.8 Å². The molecule has 0 amide bonds. The second-order valence-electron chi connectivity index (χ2n) is 4.07. The molecule has 1 aromatic heterocycles. The topological polar surface area (TPSA) is 38.0 Å². The molecule has 1 saturated heterocycles. The lowest BCUT2D eigenvalue weighted by atomic mass is 9.95. The summed E-state index contributed by atoms with van der Waals surface area (Å²) in [4.78, 5) is 1.40. The van der Waals surface area contributed by atoms with Gasteiger partial charge in [0.25, 0.3) is 0 Å². The van der Waals surface area contributed by atoms with Gasteiger partial charge in [0.2, 0.25) is 0 Å². The van der Waals surface area contributed by atoms with Gasteiger partial charge in [-0.1, -0.05) is 6.07 Å². The van der Waals surface area contributed by atoms with E-state index in [1.165, 1.54) is 23.5 Å². The number of nitrogens with two attached hydrogens (primary N) is 1. The van der Waals surface area contributed by atoms with Crippen molar-refractivity contribution < 1.29 is 0 Å². The third-order valence-electron chi connectivity index (χ3n) is 2.93. The zero-order valence-corrected chi connectivity index (χ0v) is 10.5. The van der Waals surface area contributed by atoms with Crippen LogP contribution in [-0.4, -0.2) is 23.6 Å². The maximum Gasteiger partial charge on any atom is 0.0398 e. The van der Waals surface area contributed by atoms with E-state index in [1.807, 2.05) is 23.1 Å². The number of thiophene rings is 1. The summed E-state index contributed by atoms with van der Waals surface area (Å²) in [5, 5.41) is 5.78. The molecular formula is C11H18N2S2. The standard InChI is InChI=1S/C11H18N2S2/c12-8-11(4-2-5-14-9-11)13-7-10-3-1-6-15-10/h1,3,6,13H,2,4-5,7-9,12H2. The van der Waals surface area contributed by atoms with E-state index in [-0.39, 0.29) is 5.54 Å². The van der Waals surface area contributed by atoms with Crippen LogP contribution in [0.5, 0.6) is 0 Å². The Morgan fingerprint density at radius 1 is 1.53 bits per heavy atom. The predicted molar refractivity (Wildman–Crippen MR) is 69.5 cm³/mol. The van der Waals surface area contributed by atoms with Crippen molar-refractivity contribution in [2.45, 2.75) is 24.9 Å². The minimum atomic E-state index is 0.187. The molecule has 1 aliphatic heterocycles. The molecule has 0 spiro atoms. The normalized spacial score (nSPS) is 26.7. The summed E-state index contributed by atoms with van der Waals surface area (Å²) < 4.78 is 0. The van der Waals surface area contributed by atoms with E-state index in [9.17, 15) is 0 Å². The number of thioether (sulfide) groups is 1. The Hall–Kier alpha value is -0.0300. The number of nitrogens with one attached hydrogen (secondary N) is 1. The van der Waals surface area contributed by atoms with Crippen molar-refractivity contribution in [2.24, 2.45) is 5.73 Å². The van der Waals surface area contributed by atoms with Gasteiger partial charge in [-0.15, -0.1) is 11.3 Å². The largest absolute Gasteiger partial charge is 0.329 e. The molecule has 0 saturated carbocycles. The van der Waals surface area contributed by atoms with Crippen LogP contribution in [0.2, 0.25) is 0 Å². The summed E-state index contributed by atoms with van der Waals surface area (Å²) in [5.74, 6) is 2.46. The zero-order valence-electron chi connectivity index (χ0n) is 8.87. The highest BCUT2D eigenvalue weighted by Crippen LogP contribution is 2.26. The Kier molecular flexibility index (Phi) is 4.08. The molecule has 0 radical (unpaired) electrons. The highest BCUT2D eigenvalue weighted by molar-refractivity contribution is 7.99. The first-order valence-corrected chi connectivity index (χ1v) is 7.43. The molecule has 15 heavy (non-hydrogen) atoms. The van der Waals surface area contributed by atoms with Crippen LogP contribution in [-0.2, 0) is 6.54 Å². The average molecular weight is 242 g/mol. The van der Waals surface area contributed by atoms with E-state index < -0.39 is 0 Å². The number of hydrogen-bond acceptors (Lipinski definition) is 4. The highest BCUT2D eigenvalue weighted by atomic mass is 32.2. The Morgan fingerprint density at radius 2 is 2.47 bits per heavy atom. The fraction of sp³-hybridized carbons (Fsp3) is 0.636. The van der Waals surface area contributed by atoms with Crippen molar-refractivity contribution in [3.8, 4) is 0 Å². The third-order valence-corrected chi connectivity index (χ3v) is 5.14. The van der Waals surface area contributed by atoms with Crippen LogP contribution >= 0.6 is 23.1 Å². The average Bonchev–Trinajstić information content (AvgIpc) is 2.81. The minimum Gasteiger partial charge on any atom is -0.329 e. The van der Waals surface area contributed by atoms with Gasteiger partial charge in [0, 0.05) is 29.3 Å². The summed E-state index contributed by atoms with van der Waals surface area (Å²) in [6.45, 7) is 1.72. The van der Waals surface area contributed by atoms with Crippen LogP contribution in [0.3, 0.4) is 0 Å². The minimum absolute atomic E-state index is 0.187. The van der Waals surface area contributed by atoms with Crippen molar-refractivity contribution >= 4 is 23.1 Å². The van der Waals surface area contributed by atoms with E-state index in [4.69, 9.17) is 5.73 Å². The lowest BCUT2D eigenvalue weighted by Crippen LogP contribution is -2.54. The molecule has 2 rings (SSSR count). The Morgan fingerprint density at radius 3 is 3.07 bits per heavy atom. The molecular weight excluding hydrogens is 224 g/mol. The second-order valence-corrected chi connectivity index (χ2v) is 6.21. The van der Waals surface area contributed by atoms with Crippen LogP contribution in [0.15, 0.2) is 17.5 Å². The molecule has 1 fully saturated rings. The van der Waals surface area contributed by atoms with E-state index >= 15 is 0 Å². The van der Waals surface area contributed by atoms with Gasteiger partial charge in [-0.2, -0.15) is 11.8 Å². The summed E-state index contributed by atoms with van der Waals surface area (Å²) in [7, 11) is 0. The maximum absolute atomic E-state index is 5.91. The van der Waals surface area contributed by atoms with Crippen LogP contribution in [0.4, 0.5) is 0 Å². The SMILES string of the molecule is NCC1(NCc2cccs2)CCCSC1. The summed E-state index contributed by atoms with van der Waals surface area (Å²) in [6, 6.07) is 4.28. The van der Waals surface area contributed by atoms with Gasteiger partial charge in [-0.05, 0) is 30.0 Å². The predicted octanol–water partition coefficient (Wildman–Crippen LogP) is 2.06. The first-order chi connectivity index (χ1) is 7.35. The summed E-state index contributed by atoms with van der Waals surface area (Å²) in [6.07, 6.45) is 2.52. The van der Waals surface area contributed by atoms with Gasteiger partial charge in [-0.25, -0.2) is 0 Å². The molecule has 1 atom stereocenters. The third kappa shape index (κ3) is 2.97. The Bertz CT molecular complexity index is 279. The van der Waals surface area contributed by atoms with Crippen LogP contribution < -0.4 is 11.1 Å². The van der Waals surface area contributed by atoms with E-state index in [1.54, 1.807) is 0 Å². The molecule has 4 heteroatoms. The fourth-order valence-corrected chi connectivity index (χ4v) is 3.81. The molecule has 84 valence electrons. The molecule has 0 bridgehead atoms. The van der Waals surface area contributed by atoms with Gasteiger partial charge in [0.15, 0.2) is 0 Å². The lowest BCUT2D eigenvalue weighted by molar-refractivity contribution is 0.336. The summed E-state index contributed by atoms with van der Waals surface area (Å²) >= 11 is 3.84. The lowest BCUT2D eigenvalue weighted by Gasteiger charge is -2.36. The summed E-state index contributed by atoms with van der Waals surface area (Å²) in [5.41, 5.74) is 6.09. The Balaban J connectivity index is 1.89. The van der Waals surface area contributed by atoms with Crippen LogP contribution in [0, 0.1) is 0 Å². The van der Waals surface area contributed by atoms with Crippen molar-refractivity contribution in [1.82, 2.24) is 5.32 Å². The molecule has 0 aliphatic carbocycles. The van der Waals surface area contributed by atoms with Gasteiger partial charge in [0.05, 0.1) is 0 Å². The molecule has 0 aromatic carbocycles. The maximum atomic E-state index is 5.91. The van der Waals surface area contributed by atoms with Crippen LogP contribution in [0.1, 0.15) is 17.7 Å². The van der Waals surface area contributed by atoms with Gasteiger partial charge in [-0.3, -0.25) is 0 Å². The molecule has 2 nitrogen and oxygen atoms in total. The highest BCUT2D eigenvalue weighted by Gasteiger charge is 2.30. The molecule has 1 aliphatic rings. The smallest absolute Gasteiger partial charge is 0.0398 e. The van der Waals surface area contributed by atoms with Crippen molar-refractivity contribution in [3.05, 3.63) is 22.4 Å². The van der Waals surface area contributed by atoms with Crippen molar-refractivity contribution in [3.63, 3.8) is 0 Å². The van der Waals surface area contributed by atoms with Gasteiger partial charge >= 0.3 is 0 Å². The molecule has 3 N–H and O–H groups in total. The molecule has 2 heterocycles. The Labute approximate surface area is 99.6 Å². The molecule has 1 unspecified atom stereocenters. The van der Waals surface area contributed by atoms with Gasteiger partial charge < -0.3 is 11.1 Å². The first kappa shape index (κ1) is 11.5. The quantitative estimate of drug-likeness (QED) is 0.849. The van der Waals surface area contributed by atoms with Crippen molar-refractivity contribution in [2.75, 3.05) is 18.1 Å². The number of rotatable bonds is 4. The van der Waals surface area contributed by atoms with Crippen LogP contribution in [0.25, 0.3) is 0 Å². The first-order valence-electron chi connectivity index (χ1n) is 5.40.